The minimum absolute atomic E-state index is 0.776. The van der Waals surface area contributed by atoms with Gasteiger partial charge in [0, 0.05) is 5.88 Å². The van der Waals surface area contributed by atoms with E-state index in [0.717, 1.165) is 31.1 Å². The van der Waals surface area contributed by atoms with Gasteiger partial charge >= 0.3 is 0 Å². The molecule has 1 aromatic rings. The van der Waals surface area contributed by atoms with Gasteiger partial charge in [0.25, 0.3) is 0 Å². The van der Waals surface area contributed by atoms with E-state index >= 15 is 0 Å². The molecule has 0 atom stereocenters. The molecule has 1 nitrogen and oxygen atoms in total. The third kappa shape index (κ3) is 5.08. The normalized spacial score (nSPS) is 10.3. The van der Waals surface area contributed by atoms with Crippen molar-refractivity contribution in [2.75, 3.05) is 12.5 Å². The second-order valence-corrected chi connectivity index (χ2v) is 4.10. The molecule has 0 bridgehead atoms. The standard InChI is InChI=1S/C13H19ClO/c1-12-8-4-5-9-13(12)15-11-7-3-2-6-10-14/h4-5,8-9H,2-3,6-7,10-11H2,1H3. The Kier molecular flexibility index (Phi) is 6.26. The first kappa shape index (κ1) is 12.4. The van der Waals surface area contributed by atoms with Crippen LogP contribution in [0.25, 0.3) is 0 Å². The van der Waals surface area contributed by atoms with Crippen LogP contribution in [0.1, 0.15) is 31.2 Å². The van der Waals surface area contributed by atoms with E-state index < -0.39 is 0 Å². The van der Waals surface area contributed by atoms with Gasteiger partial charge in [0.05, 0.1) is 6.61 Å². The minimum Gasteiger partial charge on any atom is -0.493 e. The largest absolute Gasteiger partial charge is 0.493 e. The molecule has 1 aromatic carbocycles. The number of hydrogen-bond acceptors (Lipinski definition) is 1. The summed E-state index contributed by atoms with van der Waals surface area (Å²) in [5, 5.41) is 0. The lowest BCUT2D eigenvalue weighted by atomic mass is 10.2. The maximum absolute atomic E-state index is 5.68. The van der Waals surface area contributed by atoms with Crippen molar-refractivity contribution in [3.05, 3.63) is 29.8 Å². The fourth-order valence-electron chi connectivity index (χ4n) is 1.45. The quantitative estimate of drug-likeness (QED) is 0.501. The maximum atomic E-state index is 5.68. The Hall–Kier alpha value is -0.690. The minimum atomic E-state index is 0.776. The molecule has 0 saturated carbocycles. The number of ether oxygens (including phenoxy) is 1. The van der Waals surface area contributed by atoms with Crippen molar-refractivity contribution >= 4 is 11.6 Å². The Labute approximate surface area is 97.4 Å². The number of hydrogen-bond donors (Lipinski definition) is 0. The average molecular weight is 227 g/mol. The molecule has 0 radical (unpaired) electrons. The molecule has 0 heterocycles. The first-order valence-corrected chi connectivity index (χ1v) is 6.12. The molecular weight excluding hydrogens is 208 g/mol. The SMILES string of the molecule is Cc1ccccc1OCCCCCCCl. The van der Waals surface area contributed by atoms with Crippen LogP contribution in [0.4, 0.5) is 0 Å². The van der Waals surface area contributed by atoms with E-state index in [4.69, 9.17) is 16.3 Å². The third-order valence-corrected chi connectivity index (χ3v) is 2.65. The fourth-order valence-corrected chi connectivity index (χ4v) is 1.64. The van der Waals surface area contributed by atoms with Crippen molar-refractivity contribution in [2.24, 2.45) is 0 Å². The van der Waals surface area contributed by atoms with E-state index in [-0.39, 0.29) is 0 Å². The van der Waals surface area contributed by atoms with Gasteiger partial charge in [-0.2, -0.15) is 0 Å². The average Bonchev–Trinajstić information content (AvgIpc) is 2.25. The molecule has 0 saturated heterocycles. The fraction of sp³-hybridized carbons (Fsp3) is 0.538. The highest BCUT2D eigenvalue weighted by Gasteiger charge is 1.96. The van der Waals surface area contributed by atoms with Crippen molar-refractivity contribution in [2.45, 2.75) is 32.6 Å². The molecule has 0 aliphatic rings. The van der Waals surface area contributed by atoms with Gasteiger partial charge < -0.3 is 4.74 Å². The number of halogens is 1. The predicted molar refractivity (Wildman–Crippen MR) is 65.9 cm³/mol. The lowest BCUT2D eigenvalue weighted by molar-refractivity contribution is 0.303. The van der Waals surface area contributed by atoms with E-state index in [1.54, 1.807) is 0 Å². The van der Waals surface area contributed by atoms with Crippen LogP contribution in [0.3, 0.4) is 0 Å². The number of unbranched alkanes of at least 4 members (excludes halogenated alkanes) is 3. The van der Waals surface area contributed by atoms with Gasteiger partial charge in [-0.3, -0.25) is 0 Å². The maximum Gasteiger partial charge on any atom is 0.122 e. The molecule has 2 heteroatoms. The molecule has 0 N–H and O–H groups in total. The molecule has 0 aliphatic carbocycles. The summed E-state index contributed by atoms with van der Waals surface area (Å²) in [5.74, 6) is 1.79. The smallest absolute Gasteiger partial charge is 0.122 e. The summed E-state index contributed by atoms with van der Waals surface area (Å²) in [6, 6.07) is 8.13. The summed E-state index contributed by atoms with van der Waals surface area (Å²) in [6.45, 7) is 2.88. The zero-order chi connectivity index (χ0) is 10.9. The monoisotopic (exact) mass is 226 g/mol. The van der Waals surface area contributed by atoms with Crippen LogP contribution in [0.5, 0.6) is 5.75 Å². The van der Waals surface area contributed by atoms with Crippen LogP contribution in [0.15, 0.2) is 24.3 Å². The lowest BCUT2D eigenvalue weighted by Gasteiger charge is -2.08. The molecule has 0 spiro atoms. The van der Waals surface area contributed by atoms with Gasteiger partial charge in [-0.05, 0) is 31.4 Å². The number of benzene rings is 1. The second kappa shape index (κ2) is 7.58. The van der Waals surface area contributed by atoms with Gasteiger partial charge in [0.1, 0.15) is 5.75 Å². The highest BCUT2D eigenvalue weighted by molar-refractivity contribution is 6.17. The first-order valence-electron chi connectivity index (χ1n) is 5.59. The summed E-state index contributed by atoms with van der Waals surface area (Å²) in [5.41, 5.74) is 1.21. The van der Waals surface area contributed by atoms with Crippen molar-refractivity contribution < 1.29 is 4.74 Å². The van der Waals surface area contributed by atoms with Crippen LogP contribution in [-0.2, 0) is 0 Å². The van der Waals surface area contributed by atoms with Gasteiger partial charge in [0.2, 0.25) is 0 Å². The van der Waals surface area contributed by atoms with Crippen molar-refractivity contribution in [3.8, 4) is 5.75 Å². The molecule has 0 fully saturated rings. The van der Waals surface area contributed by atoms with Crippen molar-refractivity contribution in [1.29, 1.82) is 0 Å². The summed E-state index contributed by atoms with van der Waals surface area (Å²) in [4.78, 5) is 0. The Morgan fingerprint density at radius 3 is 2.53 bits per heavy atom. The zero-order valence-electron chi connectivity index (χ0n) is 9.34. The predicted octanol–water partition coefficient (Wildman–Crippen LogP) is 4.17. The van der Waals surface area contributed by atoms with Crippen LogP contribution in [-0.4, -0.2) is 12.5 Å². The van der Waals surface area contributed by atoms with E-state index in [1.165, 1.54) is 18.4 Å². The zero-order valence-corrected chi connectivity index (χ0v) is 10.1. The molecule has 0 aliphatic heterocycles. The molecule has 0 amide bonds. The van der Waals surface area contributed by atoms with Crippen LogP contribution < -0.4 is 4.74 Å². The topological polar surface area (TPSA) is 9.23 Å². The van der Waals surface area contributed by atoms with Crippen LogP contribution in [0.2, 0.25) is 0 Å². The van der Waals surface area contributed by atoms with Crippen molar-refractivity contribution in [3.63, 3.8) is 0 Å². The van der Waals surface area contributed by atoms with Gasteiger partial charge in [0.15, 0.2) is 0 Å². The molecular formula is C13H19ClO. The van der Waals surface area contributed by atoms with Crippen molar-refractivity contribution in [1.82, 2.24) is 0 Å². The molecule has 84 valence electrons. The van der Waals surface area contributed by atoms with E-state index in [2.05, 4.69) is 13.0 Å². The highest BCUT2D eigenvalue weighted by Crippen LogP contribution is 2.16. The molecule has 1 rings (SSSR count). The molecule has 0 unspecified atom stereocenters. The summed E-state index contributed by atoms with van der Waals surface area (Å²) in [7, 11) is 0. The Morgan fingerprint density at radius 2 is 1.80 bits per heavy atom. The van der Waals surface area contributed by atoms with Crippen LogP contribution >= 0.6 is 11.6 Å². The summed E-state index contributed by atoms with van der Waals surface area (Å²) >= 11 is 5.60. The first-order chi connectivity index (χ1) is 7.34. The molecule has 15 heavy (non-hydrogen) atoms. The lowest BCUT2D eigenvalue weighted by Crippen LogP contribution is -1.98. The van der Waals surface area contributed by atoms with E-state index in [9.17, 15) is 0 Å². The number of aryl methyl sites for hydroxylation is 1. The van der Waals surface area contributed by atoms with Gasteiger partial charge in [-0.1, -0.05) is 31.0 Å². The second-order valence-electron chi connectivity index (χ2n) is 3.72. The van der Waals surface area contributed by atoms with Gasteiger partial charge in [-0.15, -0.1) is 11.6 Å². The van der Waals surface area contributed by atoms with E-state index in [1.807, 2.05) is 18.2 Å². The summed E-state index contributed by atoms with van der Waals surface area (Å²) in [6.07, 6.45) is 4.65. The molecule has 0 aromatic heterocycles. The Balaban J connectivity index is 2.12. The van der Waals surface area contributed by atoms with E-state index in [0.29, 0.717) is 0 Å². The number of para-hydroxylation sites is 1. The number of rotatable bonds is 7. The Morgan fingerprint density at radius 1 is 1.07 bits per heavy atom. The Bertz CT molecular complexity index is 273. The van der Waals surface area contributed by atoms with Gasteiger partial charge in [-0.25, -0.2) is 0 Å². The highest BCUT2D eigenvalue weighted by atomic mass is 35.5. The van der Waals surface area contributed by atoms with Crippen LogP contribution in [0, 0.1) is 6.92 Å². The number of alkyl halides is 1. The summed E-state index contributed by atoms with van der Waals surface area (Å²) < 4.78 is 5.68. The third-order valence-electron chi connectivity index (χ3n) is 2.38.